The van der Waals surface area contributed by atoms with E-state index in [1.165, 1.54) is 49.2 Å². The normalized spacial score (nSPS) is 15.7. The van der Waals surface area contributed by atoms with Crippen LogP contribution in [0.4, 0.5) is 11.5 Å². The Bertz CT molecular complexity index is 3130. The van der Waals surface area contributed by atoms with Crippen LogP contribution in [0, 0.1) is 0 Å². The zero-order chi connectivity index (χ0) is 31.8. The Morgan fingerprint density at radius 3 is 2.29 bits per heavy atom. The molecule has 6 aromatic carbocycles. The molecular formula is C44H26N4O. The molecule has 5 heterocycles. The summed E-state index contributed by atoms with van der Waals surface area (Å²) in [5.41, 5.74) is 12.1. The van der Waals surface area contributed by atoms with Gasteiger partial charge in [-0.15, -0.1) is 0 Å². The third kappa shape index (κ3) is 3.31. The van der Waals surface area contributed by atoms with E-state index in [4.69, 9.17) is 9.41 Å². The number of aromatic nitrogens is 2. The average Bonchev–Trinajstić information content (AvgIpc) is 3.88. The molecular weight excluding hydrogens is 601 g/mol. The van der Waals surface area contributed by atoms with E-state index in [1.807, 2.05) is 12.1 Å². The summed E-state index contributed by atoms with van der Waals surface area (Å²) in [6.07, 6.45) is 8.47. The molecule has 1 aliphatic heterocycles. The van der Waals surface area contributed by atoms with Gasteiger partial charge in [0.2, 0.25) is 0 Å². The highest BCUT2D eigenvalue weighted by Gasteiger charge is 2.29. The minimum Gasteiger partial charge on any atom is -0.456 e. The van der Waals surface area contributed by atoms with Crippen LogP contribution in [0.15, 0.2) is 155 Å². The van der Waals surface area contributed by atoms with Gasteiger partial charge in [0.15, 0.2) is 0 Å². The standard InChI is InChI=1S/C44H26N4O/c1-2-10-27(11-3-1)47-37-16-8-4-12-28(37)30-20-25(18-19-38(30)47)26-21-33-31-24-41-32(29-13-5-9-17-40(29)49-41)23-39(31)48-43(33)34(22-26)42-44(48)46-36-15-7-6-14-35(36)45-42/h1-24,36,46H. The Balaban J connectivity index is 1.17. The van der Waals surface area contributed by atoms with E-state index in [0.717, 1.165) is 55.7 Å². The third-order valence-corrected chi connectivity index (χ3v) is 10.6. The van der Waals surface area contributed by atoms with Crippen molar-refractivity contribution in [2.45, 2.75) is 6.04 Å². The SMILES string of the molecule is C1=CC2=Nc3c(n4c5cc6c(cc5c5cc(-c7ccc8c(c7)c7ccccc7n8-c7ccccc7)cc3c54)oc3ccccc36)NC2C=C1. The Kier molecular flexibility index (Phi) is 4.71. The number of allylic oxidation sites excluding steroid dienone is 2. The number of nitrogens with zero attached hydrogens (tertiary/aromatic N) is 3. The van der Waals surface area contributed by atoms with E-state index >= 15 is 0 Å². The molecule has 4 aromatic heterocycles. The minimum absolute atomic E-state index is 0.0351. The summed E-state index contributed by atoms with van der Waals surface area (Å²) in [7, 11) is 0. The van der Waals surface area contributed by atoms with Gasteiger partial charge >= 0.3 is 0 Å². The molecule has 0 radical (unpaired) electrons. The van der Waals surface area contributed by atoms with Gasteiger partial charge in [-0.05, 0) is 77.9 Å². The van der Waals surface area contributed by atoms with Crippen LogP contribution in [0.1, 0.15) is 0 Å². The lowest BCUT2D eigenvalue weighted by Gasteiger charge is -2.23. The van der Waals surface area contributed by atoms with E-state index in [9.17, 15) is 0 Å². The Hall–Kier alpha value is -6.59. The first kappa shape index (κ1) is 25.5. The highest BCUT2D eigenvalue weighted by atomic mass is 16.3. The zero-order valence-corrected chi connectivity index (χ0v) is 26.2. The first-order valence-corrected chi connectivity index (χ1v) is 16.8. The van der Waals surface area contributed by atoms with Crippen LogP contribution in [0.2, 0.25) is 0 Å². The van der Waals surface area contributed by atoms with Crippen LogP contribution in [-0.4, -0.2) is 20.7 Å². The van der Waals surface area contributed by atoms with Gasteiger partial charge in [0, 0.05) is 43.4 Å². The number of rotatable bonds is 2. The van der Waals surface area contributed by atoms with Gasteiger partial charge in [-0.2, -0.15) is 0 Å². The van der Waals surface area contributed by atoms with E-state index in [-0.39, 0.29) is 6.04 Å². The maximum absolute atomic E-state index is 6.41. The number of hydrogen-bond donors (Lipinski definition) is 1. The topological polar surface area (TPSA) is 46.9 Å². The second-order valence-electron chi connectivity index (χ2n) is 13.2. The van der Waals surface area contributed by atoms with Crippen LogP contribution in [0.3, 0.4) is 0 Å². The van der Waals surface area contributed by atoms with Crippen molar-refractivity contribution >= 4 is 88.2 Å². The predicted molar refractivity (Wildman–Crippen MR) is 203 cm³/mol. The fraction of sp³-hybridized carbons (Fsp3) is 0.0227. The maximum atomic E-state index is 6.41. The average molecular weight is 627 g/mol. The largest absolute Gasteiger partial charge is 0.456 e. The molecule has 0 amide bonds. The summed E-state index contributed by atoms with van der Waals surface area (Å²) >= 11 is 0. The molecule has 0 saturated carbocycles. The van der Waals surface area contributed by atoms with Crippen LogP contribution >= 0.6 is 0 Å². The van der Waals surface area contributed by atoms with Crippen LogP contribution < -0.4 is 5.32 Å². The minimum atomic E-state index is 0.0351. The van der Waals surface area contributed by atoms with Crippen LogP contribution in [0.5, 0.6) is 0 Å². The second kappa shape index (κ2) is 9.06. The molecule has 2 aliphatic rings. The molecule has 0 spiro atoms. The summed E-state index contributed by atoms with van der Waals surface area (Å²) in [5, 5.41) is 12.1. The molecule has 1 unspecified atom stereocenters. The molecule has 0 bridgehead atoms. The first-order valence-electron chi connectivity index (χ1n) is 16.8. The van der Waals surface area contributed by atoms with Crippen molar-refractivity contribution in [3.05, 3.63) is 146 Å². The summed E-state index contributed by atoms with van der Waals surface area (Å²) < 4.78 is 11.2. The monoisotopic (exact) mass is 626 g/mol. The van der Waals surface area contributed by atoms with Crippen molar-refractivity contribution in [3.63, 3.8) is 0 Å². The lowest BCUT2D eigenvalue weighted by atomic mass is 9.98. The smallest absolute Gasteiger partial charge is 0.138 e. The lowest BCUT2D eigenvalue weighted by molar-refractivity contribution is 0.669. The van der Waals surface area contributed by atoms with Crippen molar-refractivity contribution in [1.29, 1.82) is 0 Å². The number of nitrogens with one attached hydrogen (secondary N) is 1. The molecule has 5 nitrogen and oxygen atoms in total. The number of hydrogen-bond acceptors (Lipinski definition) is 3. The van der Waals surface area contributed by atoms with Gasteiger partial charge in [0.1, 0.15) is 22.7 Å². The molecule has 10 aromatic rings. The Morgan fingerprint density at radius 2 is 1.35 bits per heavy atom. The molecule has 0 fully saturated rings. The lowest BCUT2D eigenvalue weighted by Crippen LogP contribution is -2.30. The van der Waals surface area contributed by atoms with E-state index < -0.39 is 0 Å². The highest BCUT2D eigenvalue weighted by molar-refractivity contribution is 6.25. The molecule has 228 valence electrons. The fourth-order valence-corrected chi connectivity index (χ4v) is 8.47. The summed E-state index contributed by atoms with van der Waals surface area (Å²) in [6.45, 7) is 0. The van der Waals surface area contributed by atoms with Gasteiger partial charge in [-0.3, -0.25) is 4.40 Å². The number of para-hydroxylation sites is 3. The Labute approximate surface area is 279 Å². The molecule has 1 aliphatic carbocycles. The summed E-state index contributed by atoms with van der Waals surface area (Å²) in [6, 6.07) is 43.8. The highest BCUT2D eigenvalue weighted by Crippen LogP contribution is 2.49. The van der Waals surface area contributed by atoms with Crippen LogP contribution in [0.25, 0.3) is 87.8 Å². The van der Waals surface area contributed by atoms with Crippen LogP contribution in [-0.2, 0) is 0 Å². The Morgan fingerprint density at radius 1 is 0.571 bits per heavy atom. The molecule has 5 heteroatoms. The van der Waals surface area contributed by atoms with E-state index in [2.05, 4.69) is 148 Å². The van der Waals surface area contributed by atoms with Crippen molar-refractivity contribution in [1.82, 2.24) is 8.97 Å². The molecule has 49 heavy (non-hydrogen) atoms. The molecule has 12 rings (SSSR count). The molecule has 1 N–H and O–H groups in total. The quantitative estimate of drug-likeness (QED) is 0.208. The van der Waals surface area contributed by atoms with Gasteiger partial charge in [0.05, 0.1) is 33.8 Å². The number of aliphatic imine (C=N–C) groups is 1. The fourth-order valence-electron chi connectivity index (χ4n) is 8.47. The number of anilines is 1. The van der Waals surface area contributed by atoms with Gasteiger partial charge in [0.25, 0.3) is 0 Å². The van der Waals surface area contributed by atoms with Crippen molar-refractivity contribution in [2.75, 3.05) is 5.32 Å². The van der Waals surface area contributed by atoms with Gasteiger partial charge in [-0.1, -0.05) is 78.9 Å². The van der Waals surface area contributed by atoms with Crippen molar-refractivity contribution in [3.8, 4) is 16.8 Å². The summed E-state index contributed by atoms with van der Waals surface area (Å²) in [5.74, 6) is 1.04. The first-order chi connectivity index (χ1) is 24.3. The summed E-state index contributed by atoms with van der Waals surface area (Å²) in [4.78, 5) is 5.30. The number of benzene rings is 6. The van der Waals surface area contributed by atoms with E-state index in [1.54, 1.807) is 0 Å². The number of fused-ring (bicyclic) bond motifs is 13. The zero-order valence-electron chi connectivity index (χ0n) is 26.2. The van der Waals surface area contributed by atoms with Crippen molar-refractivity contribution in [2.24, 2.45) is 4.99 Å². The number of furan rings is 1. The predicted octanol–water partition coefficient (Wildman–Crippen LogP) is 11.3. The van der Waals surface area contributed by atoms with E-state index in [0.29, 0.717) is 0 Å². The molecule has 1 atom stereocenters. The van der Waals surface area contributed by atoms with Gasteiger partial charge in [-0.25, -0.2) is 4.99 Å². The molecule has 0 saturated heterocycles. The second-order valence-corrected chi connectivity index (χ2v) is 13.2. The maximum Gasteiger partial charge on any atom is 0.138 e. The third-order valence-electron chi connectivity index (χ3n) is 10.6. The van der Waals surface area contributed by atoms with Gasteiger partial charge < -0.3 is 14.3 Å². The van der Waals surface area contributed by atoms with Crippen molar-refractivity contribution < 1.29 is 4.42 Å².